The minimum Gasteiger partial charge on any atom is -0.494 e. The average molecular weight is 236 g/mol. The molecule has 0 aromatic heterocycles. The van der Waals surface area contributed by atoms with Crippen molar-refractivity contribution >= 4 is 5.91 Å². The second kappa shape index (κ2) is 7.68. The van der Waals surface area contributed by atoms with E-state index in [0.717, 1.165) is 12.2 Å². The van der Waals surface area contributed by atoms with Crippen LogP contribution in [0.2, 0.25) is 0 Å². The zero-order chi connectivity index (χ0) is 12.5. The Kier molecular flexibility index (Phi) is 6.10. The smallest absolute Gasteiger partial charge is 0.233 e. The van der Waals surface area contributed by atoms with Crippen molar-refractivity contribution in [1.82, 2.24) is 10.6 Å². The number of carbonyl (C=O) groups is 1. The maximum atomic E-state index is 11.2. The Hall–Kier alpha value is -1.55. The minimum atomic E-state index is 0.0217. The van der Waals surface area contributed by atoms with Crippen LogP contribution in [0.15, 0.2) is 24.3 Å². The van der Waals surface area contributed by atoms with Crippen molar-refractivity contribution in [3.63, 3.8) is 0 Å². The molecule has 0 saturated carbocycles. The van der Waals surface area contributed by atoms with Gasteiger partial charge < -0.3 is 15.4 Å². The molecule has 17 heavy (non-hydrogen) atoms. The highest BCUT2D eigenvalue weighted by atomic mass is 16.5. The second-order valence-electron chi connectivity index (χ2n) is 3.71. The first-order valence-corrected chi connectivity index (χ1v) is 5.89. The molecule has 1 amide bonds. The number of nitrogens with one attached hydrogen (secondary N) is 2. The van der Waals surface area contributed by atoms with Crippen molar-refractivity contribution in [2.75, 3.05) is 26.7 Å². The van der Waals surface area contributed by atoms with E-state index < -0.39 is 0 Å². The predicted molar refractivity (Wildman–Crippen MR) is 68.3 cm³/mol. The van der Waals surface area contributed by atoms with Crippen LogP contribution in [0.5, 0.6) is 5.75 Å². The molecule has 4 nitrogen and oxygen atoms in total. The Balaban J connectivity index is 2.35. The molecule has 0 saturated heterocycles. The van der Waals surface area contributed by atoms with Crippen LogP contribution in [0.25, 0.3) is 0 Å². The molecule has 0 atom stereocenters. The van der Waals surface area contributed by atoms with Crippen LogP contribution in [0.1, 0.15) is 12.5 Å². The molecule has 0 aliphatic carbocycles. The third kappa shape index (κ3) is 5.36. The highest BCUT2D eigenvalue weighted by Crippen LogP contribution is 2.13. The third-order valence-corrected chi connectivity index (χ3v) is 2.28. The number of carbonyl (C=O) groups excluding carboxylic acids is 1. The Bertz CT molecular complexity index is 353. The van der Waals surface area contributed by atoms with Gasteiger partial charge in [-0.05, 0) is 38.1 Å². The van der Waals surface area contributed by atoms with E-state index in [1.807, 2.05) is 31.2 Å². The van der Waals surface area contributed by atoms with Gasteiger partial charge in [0, 0.05) is 6.54 Å². The summed E-state index contributed by atoms with van der Waals surface area (Å²) in [7, 11) is 1.76. The first-order chi connectivity index (χ1) is 8.26. The van der Waals surface area contributed by atoms with E-state index in [4.69, 9.17) is 4.74 Å². The van der Waals surface area contributed by atoms with E-state index in [0.29, 0.717) is 19.7 Å². The van der Waals surface area contributed by atoms with Gasteiger partial charge in [0.2, 0.25) is 5.91 Å². The molecule has 0 heterocycles. The Morgan fingerprint density at radius 3 is 2.94 bits per heavy atom. The summed E-state index contributed by atoms with van der Waals surface area (Å²) in [6.07, 6.45) is 0.816. The maximum absolute atomic E-state index is 11.2. The Morgan fingerprint density at radius 1 is 1.41 bits per heavy atom. The monoisotopic (exact) mass is 236 g/mol. The fourth-order valence-electron chi connectivity index (χ4n) is 1.53. The van der Waals surface area contributed by atoms with Gasteiger partial charge in [0.05, 0.1) is 13.2 Å². The highest BCUT2D eigenvalue weighted by Gasteiger charge is 1.99. The van der Waals surface area contributed by atoms with Crippen LogP contribution >= 0.6 is 0 Å². The van der Waals surface area contributed by atoms with Crippen LogP contribution in [-0.2, 0) is 11.2 Å². The van der Waals surface area contributed by atoms with Gasteiger partial charge in [-0.1, -0.05) is 12.1 Å². The van der Waals surface area contributed by atoms with Gasteiger partial charge in [-0.2, -0.15) is 0 Å². The van der Waals surface area contributed by atoms with Gasteiger partial charge in [-0.25, -0.2) is 0 Å². The standard InChI is InChI=1S/C13H20N2O2/c1-3-17-12-6-4-5-11(9-12)7-8-15-13(16)10-14-2/h4-6,9,14H,3,7-8,10H2,1-2H3,(H,15,16). The van der Waals surface area contributed by atoms with Crippen LogP contribution < -0.4 is 15.4 Å². The molecule has 0 fully saturated rings. The van der Waals surface area contributed by atoms with Crippen molar-refractivity contribution in [2.45, 2.75) is 13.3 Å². The number of likely N-dealkylation sites (N-methyl/N-ethyl adjacent to an activating group) is 1. The summed E-state index contributed by atoms with van der Waals surface area (Å²) in [6.45, 7) is 3.64. The largest absolute Gasteiger partial charge is 0.494 e. The van der Waals surface area contributed by atoms with Gasteiger partial charge in [0.1, 0.15) is 5.75 Å². The van der Waals surface area contributed by atoms with Crippen LogP contribution in [0.3, 0.4) is 0 Å². The number of hydrogen-bond donors (Lipinski definition) is 2. The summed E-state index contributed by atoms with van der Waals surface area (Å²) in [4.78, 5) is 11.2. The van der Waals surface area contributed by atoms with Gasteiger partial charge in [0.15, 0.2) is 0 Å². The highest BCUT2D eigenvalue weighted by molar-refractivity contribution is 5.77. The summed E-state index contributed by atoms with van der Waals surface area (Å²) in [5.41, 5.74) is 1.17. The quantitative estimate of drug-likeness (QED) is 0.741. The SMILES string of the molecule is CCOc1cccc(CCNC(=O)CNC)c1. The molecule has 0 radical (unpaired) electrons. The topological polar surface area (TPSA) is 50.4 Å². The van der Waals surface area contributed by atoms with Crippen molar-refractivity contribution in [2.24, 2.45) is 0 Å². The molecule has 0 spiro atoms. The van der Waals surface area contributed by atoms with Crippen molar-refractivity contribution in [1.29, 1.82) is 0 Å². The summed E-state index contributed by atoms with van der Waals surface area (Å²) in [6, 6.07) is 7.95. The summed E-state index contributed by atoms with van der Waals surface area (Å²) < 4.78 is 5.42. The van der Waals surface area contributed by atoms with Crippen LogP contribution in [0, 0.1) is 0 Å². The fraction of sp³-hybridized carbons (Fsp3) is 0.462. The molecule has 1 aromatic carbocycles. The number of ether oxygens (including phenoxy) is 1. The first kappa shape index (κ1) is 13.5. The zero-order valence-electron chi connectivity index (χ0n) is 10.5. The molecule has 1 rings (SSSR count). The molecule has 0 aliphatic rings. The summed E-state index contributed by atoms with van der Waals surface area (Å²) in [5.74, 6) is 0.903. The average Bonchev–Trinajstić information content (AvgIpc) is 2.30. The lowest BCUT2D eigenvalue weighted by Gasteiger charge is -2.07. The summed E-state index contributed by atoms with van der Waals surface area (Å²) >= 11 is 0. The van der Waals surface area contributed by atoms with Gasteiger partial charge in [-0.3, -0.25) is 4.79 Å². The molecule has 94 valence electrons. The van der Waals surface area contributed by atoms with Crippen molar-refractivity contribution in [3.8, 4) is 5.75 Å². The third-order valence-electron chi connectivity index (χ3n) is 2.28. The van der Waals surface area contributed by atoms with E-state index >= 15 is 0 Å². The normalized spacial score (nSPS) is 10.0. The van der Waals surface area contributed by atoms with Crippen molar-refractivity contribution in [3.05, 3.63) is 29.8 Å². The molecule has 0 aliphatic heterocycles. The number of hydrogen-bond acceptors (Lipinski definition) is 3. The lowest BCUT2D eigenvalue weighted by atomic mass is 10.1. The van der Waals surface area contributed by atoms with Crippen molar-refractivity contribution < 1.29 is 9.53 Å². The van der Waals surface area contributed by atoms with Gasteiger partial charge in [-0.15, -0.1) is 0 Å². The molecular formula is C13H20N2O2. The molecule has 1 aromatic rings. The molecule has 0 bridgehead atoms. The van der Waals surface area contributed by atoms with E-state index in [-0.39, 0.29) is 5.91 Å². The second-order valence-corrected chi connectivity index (χ2v) is 3.71. The van der Waals surface area contributed by atoms with E-state index in [1.165, 1.54) is 5.56 Å². The van der Waals surface area contributed by atoms with Crippen LogP contribution in [0.4, 0.5) is 0 Å². The summed E-state index contributed by atoms with van der Waals surface area (Å²) in [5, 5.41) is 5.65. The molecule has 0 unspecified atom stereocenters. The molecule has 2 N–H and O–H groups in total. The van der Waals surface area contributed by atoms with Gasteiger partial charge in [0.25, 0.3) is 0 Å². The Labute approximate surface area is 102 Å². The minimum absolute atomic E-state index is 0.0217. The van der Waals surface area contributed by atoms with Gasteiger partial charge >= 0.3 is 0 Å². The van der Waals surface area contributed by atoms with E-state index in [2.05, 4.69) is 10.6 Å². The number of amides is 1. The number of rotatable bonds is 7. The Morgan fingerprint density at radius 2 is 2.24 bits per heavy atom. The lowest BCUT2D eigenvalue weighted by Crippen LogP contribution is -2.33. The maximum Gasteiger partial charge on any atom is 0.233 e. The lowest BCUT2D eigenvalue weighted by molar-refractivity contribution is -0.120. The van der Waals surface area contributed by atoms with Crippen LogP contribution in [-0.4, -0.2) is 32.7 Å². The number of benzene rings is 1. The van der Waals surface area contributed by atoms with E-state index in [1.54, 1.807) is 7.05 Å². The zero-order valence-corrected chi connectivity index (χ0v) is 10.5. The molecular weight excluding hydrogens is 216 g/mol. The molecule has 4 heteroatoms. The first-order valence-electron chi connectivity index (χ1n) is 5.89. The fourth-order valence-corrected chi connectivity index (χ4v) is 1.53. The predicted octanol–water partition coefficient (Wildman–Crippen LogP) is 0.963. The van der Waals surface area contributed by atoms with E-state index in [9.17, 15) is 4.79 Å².